The molecule has 0 saturated carbocycles. The van der Waals surface area contributed by atoms with Crippen molar-refractivity contribution in [3.05, 3.63) is 35.4 Å². The minimum atomic E-state index is 0. The van der Waals surface area contributed by atoms with Crippen molar-refractivity contribution in [3.8, 4) is 0 Å². The second-order valence-electron chi connectivity index (χ2n) is 4.30. The zero-order chi connectivity index (χ0) is 9.19. The molecule has 1 aromatic carbocycles. The van der Waals surface area contributed by atoms with E-state index in [2.05, 4.69) is 52.0 Å². The third-order valence-electron chi connectivity index (χ3n) is 2.23. The van der Waals surface area contributed by atoms with Gasteiger partial charge in [0.05, 0.1) is 0 Å². The van der Waals surface area contributed by atoms with Crippen LogP contribution in [0, 0.1) is 0 Å². The van der Waals surface area contributed by atoms with Crippen molar-refractivity contribution in [1.29, 1.82) is 0 Å². The largest absolute Gasteiger partial charge is 2.00 e. The minimum Gasteiger partial charge on any atom is -1.00 e. The molecule has 3 heteroatoms. The Hall–Kier alpha value is 1.45. The molecule has 1 aromatic rings. The molecule has 0 unspecified atom stereocenters. The van der Waals surface area contributed by atoms with Crippen LogP contribution >= 0.6 is 0 Å². The van der Waals surface area contributed by atoms with Gasteiger partial charge in [-0.2, -0.15) is 0 Å². The van der Waals surface area contributed by atoms with Gasteiger partial charge in [0.25, 0.3) is 0 Å². The van der Waals surface area contributed by atoms with E-state index < -0.39 is 0 Å². The Labute approximate surface area is 144 Å². The van der Waals surface area contributed by atoms with E-state index in [-0.39, 0.29) is 76.4 Å². The van der Waals surface area contributed by atoms with Gasteiger partial charge in [-0.1, -0.05) is 52.0 Å². The molecule has 15 heavy (non-hydrogen) atoms. The number of aryl methyl sites for hydroxylation is 1. The van der Waals surface area contributed by atoms with E-state index in [0.29, 0.717) is 0 Å². The summed E-state index contributed by atoms with van der Waals surface area (Å²) in [6, 6.07) is 8.92. The number of benzene rings is 1. The standard InChI is InChI=1S/C12H18.2HI.Mg/c1-5-10-6-8-11(9-7-10)12(2,3)4;;;/h6-9H,5H2,1-4H3;2*1H;/q;;;+2/p-2. The SMILES string of the molecule is CCc1ccc(C(C)(C)C)cc1.[I-].[I-].[Mg+2]. The van der Waals surface area contributed by atoms with Crippen LogP contribution in [0.1, 0.15) is 38.8 Å². The fraction of sp³-hybridized carbons (Fsp3) is 0.500. The molecule has 0 fully saturated rings. The maximum atomic E-state index is 2.24. The van der Waals surface area contributed by atoms with Crippen molar-refractivity contribution < 1.29 is 48.0 Å². The number of hydrogen-bond acceptors (Lipinski definition) is 0. The molecule has 82 valence electrons. The van der Waals surface area contributed by atoms with E-state index in [1.807, 2.05) is 0 Å². The van der Waals surface area contributed by atoms with E-state index in [0.717, 1.165) is 6.42 Å². The maximum Gasteiger partial charge on any atom is 2.00 e. The van der Waals surface area contributed by atoms with Crippen molar-refractivity contribution in [2.24, 2.45) is 0 Å². The first-order valence-corrected chi connectivity index (χ1v) is 4.63. The molecule has 0 aliphatic carbocycles. The van der Waals surface area contributed by atoms with Gasteiger partial charge in [-0.3, -0.25) is 0 Å². The second kappa shape index (κ2) is 9.47. The fourth-order valence-electron chi connectivity index (χ4n) is 1.24. The monoisotopic (exact) mass is 440 g/mol. The van der Waals surface area contributed by atoms with Gasteiger partial charge in [0.1, 0.15) is 0 Å². The quantitative estimate of drug-likeness (QED) is 0.327. The van der Waals surface area contributed by atoms with Crippen molar-refractivity contribution >= 4 is 23.1 Å². The van der Waals surface area contributed by atoms with Crippen molar-refractivity contribution in [2.45, 2.75) is 39.5 Å². The molecular weight excluding hydrogens is 422 g/mol. The summed E-state index contributed by atoms with van der Waals surface area (Å²) in [4.78, 5) is 0. The zero-order valence-corrected chi connectivity index (χ0v) is 15.7. The van der Waals surface area contributed by atoms with Gasteiger partial charge in [0.15, 0.2) is 0 Å². The van der Waals surface area contributed by atoms with E-state index in [1.54, 1.807) is 0 Å². The van der Waals surface area contributed by atoms with Gasteiger partial charge in [-0.15, -0.1) is 0 Å². The summed E-state index contributed by atoms with van der Waals surface area (Å²) in [5.74, 6) is 0. The van der Waals surface area contributed by atoms with Crippen LogP contribution in [0.25, 0.3) is 0 Å². The Morgan fingerprint density at radius 2 is 1.33 bits per heavy atom. The molecule has 0 saturated heterocycles. The van der Waals surface area contributed by atoms with Gasteiger partial charge >= 0.3 is 23.1 Å². The Morgan fingerprint density at radius 3 is 1.60 bits per heavy atom. The second-order valence-corrected chi connectivity index (χ2v) is 4.30. The Bertz CT molecular complexity index is 249. The summed E-state index contributed by atoms with van der Waals surface area (Å²) in [5.41, 5.74) is 3.12. The van der Waals surface area contributed by atoms with Gasteiger partial charge in [-0.05, 0) is 23.0 Å². The predicted octanol–water partition coefficient (Wildman–Crippen LogP) is -2.83. The Balaban J connectivity index is -0.000000480. The van der Waals surface area contributed by atoms with Crippen molar-refractivity contribution in [2.75, 3.05) is 0 Å². The van der Waals surface area contributed by atoms with E-state index >= 15 is 0 Å². The van der Waals surface area contributed by atoms with Gasteiger partial charge in [-0.25, -0.2) is 0 Å². The van der Waals surface area contributed by atoms with Crippen LogP contribution < -0.4 is 48.0 Å². The average molecular weight is 440 g/mol. The molecule has 0 amide bonds. The predicted molar refractivity (Wildman–Crippen MR) is 60.3 cm³/mol. The first-order valence-electron chi connectivity index (χ1n) is 4.63. The van der Waals surface area contributed by atoms with Crippen LogP contribution in [0.3, 0.4) is 0 Å². The van der Waals surface area contributed by atoms with Crippen LogP contribution in [0.15, 0.2) is 24.3 Å². The summed E-state index contributed by atoms with van der Waals surface area (Å²) < 4.78 is 0. The molecule has 0 aromatic heterocycles. The van der Waals surface area contributed by atoms with Crippen LogP contribution in [0.5, 0.6) is 0 Å². The summed E-state index contributed by atoms with van der Waals surface area (Å²) in [6.07, 6.45) is 1.13. The first kappa shape index (κ1) is 21.7. The van der Waals surface area contributed by atoms with Gasteiger partial charge in [0.2, 0.25) is 0 Å². The number of halogens is 2. The zero-order valence-electron chi connectivity index (χ0n) is 9.98. The number of hydrogen-bond donors (Lipinski definition) is 0. The fourth-order valence-corrected chi connectivity index (χ4v) is 1.24. The molecule has 0 nitrogen and oxygen atoms in total. The molecule has 1 rings (SSSR count). The number of rotatable bonds is 1. The van der Waals surface area contributed by atoms with E-state index in [1.165, 1.54) is 11.1 Å². The molecule has 0 heterocycles. The third kappa shape index (κ3) is 7.39. The first-order chi connectivity index (χ1) is 5.54. The minimum absolute atomic E-state index is 0. The summed E-state index contributed by atoms with van der Waals surface area (Å²) in [5, 5.41) is 0. The van der Waals surface area contributed by atoms with Crippen LogP contribution in [-0.2, 0) is 11.8 Å². The van der Waals surface area contributed by atoms with Crippen molar-refractivity contribution in [3.63, 3.8) is 0 Å². The molecule has 0 N–H and O–H groups in total. The normalized spacial score (nSPS) is 9.33. The maximum absolute atomic E-state index is 2.24. The van der Waals surface area contributed by atoms with Gasteiger partial charge < -0.3 is 48.0 Å². The third-order valence-corrected chi connectivity index (χ3v) is 2.23. The summed E-state index contributed by atoms with van der Waals surface area (Å²) in [6.45, 7) is 8.92. The van der Waals surface area contributed by atoms with Gasteiger partial charge in [0, 0.05) is 0 Å². The average Bonchev–Trinajstić information content (AvgIpc) is 2.03. The van der Waals surface area contributed by atoms with Crippen molar-refractivity contribution in [1.82, 2.24) is 0 Å². The summed E-state index contributed by atoms with van der Waals surface area (Å²) in [7, 11) is 0. The van der Waals surface area contributed by atoms with Crippen LogP contribution in [0.2, 0.25) is 0 Å². The molecule has 0 spiro atoms. The molecule has 0 aliphatic heterocycles. The van der Waals surface area contributed by atoms with Crippen LogP contribution in [-0.4, -0.2) is 23.1 Å². The molecule has 0 atom stereocenters. The topological polar surface area (TPSA) is 0 Å². The smallest absolute Gasteiger partial charge is 1.00 e. The molecule has 0 bridgehead atoms. The van der Waals surface area contributed by atoms with E-state index in [9.17, 15) is 0 Å². The Kier molecular flexibility index (Phi) is 13.7. The van der Waals surface area contributed by atoms with Crippen LogP contribution in [0.4, 0.5) is 0 Å². The molecular formula is C12H18I2Mg. The molecule has 0 radical (unpaired) electrons. The molecule has 0 aliphatic rings. The van der Waals surface area contributed by atoms with E-state index in [4.69, 9.17) is 0 Å². The Morgan fingerprint density at radius 1 is 0.933 bits per heavy atom. The summed E-state index contributed by atoms with van der Waals surface area (Å²) >= 11 is 0.